The van der Waals surface area contributed by atoms with Gasteiger partial charge in [-0.3, -0.25) is 4.79 Å². The summed E-state index contributed by atoms with van der Waals surface area (Å²) in [6.45, 7) is 0. The summed E-state index contributed by atoms with van der Waals surface area (Å²) in [7, 11) is 0. The normalized spacial score (nSPS) is 9.18. The van der Waals surface area contributed by atoms with Gasteiger partial charge in [-0.25, -0.2) is 4.98 Å². The van der Waals surface area contributed by atoms with Gasteiger partial charge in [0, 0.05) is 6.20 Å². The summed E-state index contributed by atoms with van der Waals surface area (Å²) in [6, 6.07) is 1.57. The summed E-state index contributed by atoms with van der Waals surface area (Å²) >= 11 is 5.24. The first-order valence-electron chi connectivity index (χ1n) is 2.84. The summed E-state index contributed by atoms with van der Waals surface area (Å²) < 4.78 is 4.73. The first-order chi connectivity index (χ1) is 5.36. The molecule has 0 aliphatic carbocycles. The molecule has 5 heteroatoms. The molecule has 1 aromatic heterocycles. The molecule has 0 aliphatic heterocycles. The summed E-state index contributed by atoms with van der Waals surface area (Å²) in [5.74, 6) is 0. The Bertz CT molecular complexity index is 254. The summed E-state index contributed by atoms with van der Waals surface area (Å²) in [5.41, 5.74) is 0.278. The highest BCUT2D eigenvalue weighted by molar-refractivity contribution is 6.17. The lowest BCUT2D eigenvalue weighted by Gasteiger charge is -1.97. The first-order valence-corrected chi connectivity index (χ1v) is 3.37. The zero-order valence-electron chi connectivity index (χ0n) is 5.53. The molecule has 58 valence electrons. The van der Waals surface area contributed by atoms with Gasteiger partial charge in [0.15, 0.2) is 12.4 Å². The molecule has 0 spiro atoms. The van der Waals surface area contributed by atoms with Crippen molar-refractivity contribution in [2.45, 2.75) is 0 Å². The van der Waals surface area contributed by atoms with Crippen molar-refractivity contribution in [2.24, 2.45) is 0 Å². The highest BCUT2D eigenvalue weighted by Crippen LogP contribution is 2.00. The SMILES string of the molecule is O=Cc1ccnc(OCCl)n1. The van der Waals surface area contributed by atoms with Crippen LogP contribution in [0.1, 0.15) is 10.5 Å². The van der Waals surface area contributed by atoms with Crippen LogP contribution in [0, 0.1) is 0 Å². The van der Waals surface area contributed by atoms with Gasteiger partial charge in [-0.1, -0.05) is 11.6 Å². The fraction of sp³-hybridized carbons (Fsp3) is 0.167. The Morgan fingerprint density at radius 1 is 1.73 bits per heavy atom. The molecule has 1 rings (SSSR count). The van der Waals surface area contributed by atoms with E-state index in [2.05, 4.69) is 9.97 Å². The number of aromatic nitrogens is 2. The Morgan fingerprint density at radius 2 is 2.55 bits per heavy atom. The average molecular weight is 173 g/mol. The lowest BCUT2D eigenvalue weighted by molar-refractivity contribution is 0.111. The monoisotopic (exact) mass is 172 g/mol. The van der Waals surface area contributed by atoms with E-state index in [-0.39, 0.29) is 17.8 Å². The van der Waals surface area contributed by atoms with E-state index in [4.69, 9.17) is 16.3 Å². The van der Waals surface area contributed by atoms with Crippen molar-refractivity contribution in [3.63, 3.8) is 0 Å². The van der Waals surface area contributed by atoms with Crippen LogP contribution in [0.25, 0.3) is 0 Å². The van der Waals surface area contributed by atoms with Crippen LogP contribution >= 0.6 is 11.6 Å². The van der Waals surface area contributed by atoms with E-state index in [9.17, 15) is 4.79 Å². The Kier molecular flexibility index (Phi) is 2.80. The molecule has 0 fully saturated rings. The van der Waals surface area contributed by atoms with Crippen LogP contribution < -0.4 is 4.74 Å². The third kappa shape index (κ3) is 2.16. The predicted molar refractivity (Wildman–Crippen MR) is 38.8 cm³/mol. The minimum atomic E-state index is -0.0255. The second-order valence-corrected chi connectivity index (χ2v) is 1.85. The number of rotatable bonds is 3. The van der Waals surface area contributed by atoms with Gasteiger partial charge in [-0.2, -0.15) is 4.98 Å². The van der Waals surface area contributed by atoms with E-state index in [0.717, 1.165) is 0 Å². The Balaban J connectivity index is 2.82. The summed E-state index contributed by atoms with van der Waals surface area (Å²) in [5, 5.41) is 0. The molecular formula is C6H5ClN2O2. The van der Waals surface area contributed by atoms with E-state index in [1.54, 1.807) is 0 Å². The van der Waals surface area contributed by atoms with Gasteiger partial charge in [-0.15, -0.1) is 0 Å². The average Bonchev–Trinajstić information content (AvgIpc) is 2.06. The fourth-order valence-electron chi connectivity index (χ4n) is 0.538. The molecule has 1 aromatic rings. The largest absolute Gasteiger partial charge is 0.447 e. The summed E-state index contributed by atoms with van der Waals surface area (Å²) in [4.78, 5) is 17.6. The van der Waals surface area contributed by atoms with Gasteiger partial charge in [0.25, 0.3) is 0 Å². The van der Waals surface area contributed by atoms with Crippen molar-refractivity contribution < 1.29 is 9.53 Å². The molecule has 0 saturated carbocycles. The van der Waals surface area contributed by atoms with Gasteiger partial charge < -0.3 is 4.74 Å². The van der Waals surface area contributed by atoms with E-state index in [1.165, 1.54) is 12.3 Å². The molecule has 0 N–H and O–H groups in total. The number of aldehydes is 1. The lowest BCUT2D eigenvalue weighted by atomic mass is 10.4. The standard InChI is InChI=1S/C6H5ClN2O2/c7-4-11-6-8-2-1-5(3-10)9-6/h1-3H,4H2. The predicted octanol–water partition coefficient (Wildman–Crippen LogP) is 0.864. The summed E-state index contributed by atoms with van der Waals surface area (Å²) in [6.07, 6.45) is 2.04. The van der Waals surface area contributed by atoms with Crippen LogP contribution in [0.15, 0.2) is 12.3 Å². The molecule has 0 amide bonds. The fourth-order valence-corrected chi connectivity index (χ4v) is 0.636. The number of carbonyl (C=O) groups excluding carboxylic acids is 1. The van der Waals surface area contributed by atoms with Crippen molar-refractivity contribution in [1.82, 2.24) is 9.97 Å². The smallest absolute Gasteiger partial charge is 0.318 e. The van der Waals surface area contributed by atoms with Gasteiger partial charge in [0.1, 0.15) is 5.69 Å². The molecule has 0 atom stereocenters. The second-order valence-electron chi connectivity index (χ2n) is 1.64. The van der Waals surface area contributed by atoms with Crippen LogP contribution in [0.5, 0.6) is 6.01 Å². The Hall–Kier alpha value is -1.16. The van der Waals surface area contributed by atoms with Gasteiger partial charge in [0.2, 0.25) is 0 Å². The Labute approximate surface area is 68.2 Å². The molecule has 0 aliphatic rings. The quantitative estimate of drug-likeness (QED) is 0.501. The van der Waals surface area contributed by atoms with E-state index in [1.807, 2.05) is 0 Å². The molecule has 11 heavy (non-hydrogen) atoms. The third-order valence-electron chi connectivity index (χ3n) is 0.959. The highest BCUT2D eigenvalue weighted by Gasteiger charge is 1.96. The van der Waals surface area contributed by atoms with Crippen molar-refractivity contribution >= 4 is 17.9 Å². The van der Waals surface area contributed by atoms with E-state index in [0.29, 0.717) is 6.29 Å². The van der Waals surface area contributed by atoms with Gasteiger partial charge >= 0.3 is 6.01 Å². The molecule has 4 nitrogen and oxygen atoms in total. The second kappa shape index (κ2) is 3.88. The highest BCUT2D eigenvalue weighted by atomic mass is 35.5. The van der Waals surface area contributed by atoms with Crippen molar-refractivity contribution in [2.75, 3.05) is 6.07 Å². The molecule has 0 aromatic carbocycles. The van der Waals surface area contributed by atoms with Crippen LogP contribution in [0.4, 0.5) is 0 Å². The number of alkyl halides is 1. The van der Waals surface area contributed by atoms with E-state index < -0.39 is 0 Å². The van der Waals surface area contributed by atoms with Crippen molar-refractivity contribution in [3.8, 4) is 6.01 Å². The minimum absolute atomic E-state index is 0.0255. The Morgan fingerprint density at radius 3 is 3.18 bits per heavy atom. The molecule has 1 heterocycles. The number of hydrogen-bond donors (Lipinski definition) is 0. The van der Waals surface area contributed by atoms with Crippen LogP contribution in [-0.2, 0) is 0 Å². The minimum Gasteiger partial charge on any atom is -0.447 e. The lowest BCUT2D eigenvalue weighted by Crippen LogP contribution is -1.97. The molecule has 0 bridgehead atoms. The molecule has 0 radical (unpaired) electrons. The maximum atomic E-state index is 10.2. The van der Waals surface area contributed by atoms with Crippen LogP contribution in [-0.4, -0.2) is 22.3 Å². The van der Waals surface area contributed by atoms with Crippen molar-refractivity contribution in [1.29, 1.82) is 0 Å². The van der Waals surface area contributed by atoms with E-state index >= 15 is 0 Å². The number of carbonyl (C=O) groups is 1. The zero-order valence-corrected chi connectivity index (χ0v) is 6.28. The number of ether oxygens (including phenoxy) is 1. The maximum Gasteiger partial charge on any atom is 0.318 e. The molecule has 0 saturated heterocycles. The van der Waals surface area contributed by atoms with Gasteiger partial charge in [-0.05, 0) is 6.07 Å². The topological polar surface area (TPSA) is 52.1 Å². The number of hydrogen-bond acceptors (Lipinski definition) is 4. The molecule has 0 unspecified atom stereocenters. The van der Waals surface area contributed by atoms with Crippen LogP contribution in [0.3, 0.4) is 0 Å². The maximum absolute atomic E-state index is 10.2. The molecular weight excluding hydrogens is 168 g/mol. The number of halogens is 1. The van der Waals surface area contributed by atoms with Crippen molar-refractivity contribution in [3.05, 3.63) is 18.0 Å². The van der Waals surface area contributed by atoms with Crippen LogP contribution in [0.2, 0.25) is 0 Å². The number of nitrogens with zero attached hydrogens (tertiary/aromatic N) is 2. The first kappa shape index (κ1) is 7.94. The zero-order chi connectivity index (χ0) is 8.10. The third-order valence-corrected chi connectivity index (χ3v) is 1.07. The van der Waals surface area contributed by atoms with Gasteiger partial charge in [0.05, 0.1) is 0 Å².